The van der Waals surface area contributed by atoms with Gasteiger partial charge in [-0.15, -0.1) is 0 Å². The Kier molecular flexibility index (Phi) is 3.57. The van der Waals surface area contributed by atoms with E-state index >= 15 is 0 Å². The summed E-state index contributed by atoms with van der Waals surface area (Å²) in [6.45, 7) is 0.952. The van der Waals surface area contributed by atoms with E-state index in [0.29, 0.717) is 16.3 Å². The summed E-state index contributed by atoms with van der Waals surface area (Å²) >= 11 is 0. The molecule has 2 aromatic rings. The van der Waals surface area contributed by atoms with Crippen molar-refractivity contribution in [2.24, 2.45) is 5.73 Å². The number of nitrogen functional groups attached to an aromatic ring is 1. The third-order valence-corrected chi connectivity index (χ3v) is 2.94. The van der Waals surface area contributed by atoms with Gasteiger partial charge in [0, 0.05) is 10.9 Å². The van der Waals surface area contributed by atoms with E-state index in [-0.39, 0.29) is 11.6 Å². The molecular weight excluding hydrogens is 269 g/mol. The van der Waals surface area contributed by atoms with Crippen LogP contribution in [0.1, 0.15) is 12.5 Å². The first-order valence-electron chi connectivity index (χ1n) is 5.90. The molecule has 6 heteroatoms. The van der Waals surface area contributed by atoms with Crippen LogP contribution in [-0.4, -0.2) is 18.1 Å². The fraction of sp³-hybridized carbons (Fsp3) is 0.214. The van der Waals surface area contributed by atoms with E-state index in [1.807, 2.05) is 0 Å². The molecule has 0 aliphatic carbocycles. The van der Waals surface area contributed by atoms with Crippen molar-refractivity contribution >= 4 is 16.6 Å². The minimum atomic E-state index is -4.43. The Hall–Kier alpha value is -2.24. The minimum Gasteiger partial charge on any atom is -0.481 e. The van der Waals surface area contributed by atoms with Crippen LogP contribution in [0.15, 0.2) is 36.4 Å². The molecule has 0 spiro atoms. The molecule has 2 rings (SSSR count). The smallest absolute Gasteiger partial charge is 0.425 e. The summed E-state index contributed by atoms with van der Waals surface area (Å²) in [4.78, 5) is 0. The highest BCUT2D eigenvalue weighted by Gasteiger charge is 2.38. The molecule has 2 aromatic carbocycles. The van der Waals surface area contributed by atoms with Gasteiger partial charge in [0.25, 0.3) is 0 Å². The molecule has 1 unspecified atom stereocenters. The Morgan fingerprint density at radius 2 is 1.75 bits per heavy atom. The van der Waals surface area contributed by atoms with Gasteiger partial charge < -0.3 is 10.5 Å². The van der Waals surface area contributed by atoms with Gasteiger partial charge in [-0.1, -0.05) is 24.3 Å². The summed E-state index contributed by atoms with van der Waals surface area (Å²) in [5.41, 5.74) is 5.93. The molecule has 0 radical (unpaired) electrons. The number of nitrogens with two attached hydrogens (primary N) is 1. The van der Waals surface area contributed by atoms with Crippen LogP contribution in [0.3, 0.4) is 0 Å². The molecule has 0 bridgehead atoms. The van der Waals surface area contributed by atoms with Gasteiger partial charge in [-0.25, -0.2) is 0 Å². The number of nitrogens with one attached hydrogen (secondary N) is 1. The second kappa shape index (κ2) is 5.03. The monoisotopic (exact) mass is 282 g/mol. The third kappa shape index (κ3) is 2.68. The van der Waals surface area contributed by atoms with E-state index in [9.17, 15) is 13.2 Å². The van der Waals surface area contributed by atoms with Crippen molar-refractivity contribution in [3.05, 3.63) is 42.0 Å². The number of hydrogen-bond acceptors (Lipinski definition) is 2. The van der Waals surface area contributed by atoms with E-state index in [0.717, 1.165) is 6.92 Å². The van der Waals surface area contributed by atoms with Crippen LogP contribution in [0.5, 0.6) is 5.75 Å². The van der Waals surface area contributed by atoms with Gasteiger partial charge in [-0.05, 0) is 24.4 Å². The van der Waals surface area contributed by atoms with Crippen molar-refractivity contribution in [2.75, 3.05) is 0 Å². The predicted molar refractivity (Wildman–Crippen MR) is 71.1 cm³/mol. The Bertz CT molecular complexity index is 652. The van der Waals surface area contributed by atoms with Crippen molar-refractivity contribution in [1.29, 1.82) is 5.41 Å². The molecule has 3 nitrogen and oxygen atoms in total. The molecule has 20 heavy (non-hydrogen) atoms. The number of benzene rings is 2. The second-order valence-corrected chi connectivity index (χ2v) is 4.37. The van der Waals surface area contributed by atoms with Crippen molar-refractivity contribution in [2.45, 2.75) is 19.2 Å². The first kappa shape index (κ1) is 14.2. The molecule has 0 amide bonds. The summed E-state index contributed by atoms with van der Waals surface area (Å²) in [7, 11) is 0. The van der Waals surface area contributed by atoms with Gasteiger partial charge in [-0.2, -0.15) is 13.2 Å². The molecule has 0 saturated carbocycles. The van der Waals surface area contributed by atoms with Crippen LogP contribution in [0.25, 0.3) is 10.8 Å². The van der Waals surface area contributed by atoms with Crippen molar-refractivity contribution in [3.63, 3.8) is 0 Å². The Morgan fingerprint density at radius 1 is 1.15 bits per heavy atom. The molecule has 0 aliphatic rings. The number of fused-ring (bicyclic) bond motifs is 1. The molecule has 1 atom stereocenters. The fourth-order valence-electron chi connectivity index (χ4n) is 1.87. The number of halogens is 3. The average Bonchev–Trinajstić information content (AvgIpc) is 2.37. The zero-order valence-electron chi connectivity index (χ0n) is 10.7. The van der Waals surface area contributed by atoms with Gasteiger partial charge >= 0.3 is 6.18 Å². The third-order valence-electron chi connectivity index (χ3n) is 2.94. The van der Waals surface area contributed by atoms with Gasteiger partial charge in [0.05, 0.1) is 0 Å². The second-order valence-electron chi connectivity index (χ2n) is 4.37. The summed E-state index contributed by atoms with van der Waals surface area (Å²) in [6, 6.07) is 9.64. The summed E-state index contributed by atoms with van der Waals surface area (Å²) < 4.78 is 42.7. The summed E-state index contributed by atoms with van der Waals surface area (Å²) in [6.07, 6.45) is -6.34. The van der Waals surface area contributed by atoms with Crippen LogP contribution in [-0.2, 0) is 0 Å². The number of hydrogen-bond donors (Lipinski definition) is 2. The first-order chi connectivity index (χ1) is 9.30. The molecular formula is C14H13F3N2O. The quantitative estimate of drug-likeness (QED) is 0.669. The summed E-state index contributed by atoms with van der Waals surface area (Å²) in [5, 5.41) is 8.57. The maximum absolute atomic E-state index is 12.6. The number of alkyl halides is 3. The lowest BCUT2D eigenvalue weighted by atomic mass is 10.0. The van der Waals surface area contributed by atoms with Crippen LogP contribution in [0.2, 0.25) is 0 Å². The van der Waals surface area contributed by atoms with Crippen molar-refractivity contribution < 1.29 is 17.9 Å². The maximum Gasteiger partial charge on any atom is 0.425 e. The van der Waals surface area contributed by atoms with Crippen molar-refractivity contribution in [1.82, 2.24) is 0 Å². The van der Waals surface area contributed by atoms with Gasteiger partial charge in [0.2, 0.25) is 0 Å². The zero-order valence-corrected chi connectivity index (χ0v) is 10.7. The largest absolute Gasteiger partial charge is 0.481 e. The molecule has 3 N–H and O–H groups in total. The maximum atomic E-state index is 12.6. The highest BCUT2D eigenvalue weighted by Crippen LogP contribution is 2.32. The normalized spacial score (nSPS) is 13.2. The molecule has 0 aromatic heterocycles. The lowest BCUT2D eigenvalue weighted by Crippen LogP contribution is -2.31. The average molecular weight is 282 g/mol. The van der Waals surface area contributed by atoms with E-state index in [1.165, 1.54) is 12.1 Å². The van der Waals surface area contributed by atoms with Gasteiger partial charge in [0.1, 0.15) is 11.6 Å². The Balaban J connectivity index is 2.51. The molecule has 0 fully saturated rings. The van der Waals surface area contributed by atoms with Crippen LogP contribution < -0.4 is 10.5 Å². The molecule has 0 aliphatic heterocycles. The lowest BCUT2D eigenvalue weighted by Gasteiger charge is -2.19. The topological polar surface area (TPSA) is 59.1 Å². The van der Waals surface area contributed by atoms with Gasteiger partial charge in [-0.3, -0.25) is 5.41 Å². The van der Waals surface area contributed by atoms with E-state index in [4.69, 9.17) is 15.9 Å². The highest BCUT2D eigenvalue weighted by atomic mass is 19.4. The zero-order chi connectivity index (χ0) is 14.9. The number of ether oxygens (including phenoxy) is 1. The molecule has 0 heterocycles. The van der Waals surface area contributed by atoms with Crippen LogP contribution >= 0.6 is 0 Å². The van der Waals surface area contributed by atoms with Crippen molar-refractivity contribution in [3.8, 4) is 5.75 Å². The van der Waals surface area contributed by atoms with Crippen LogP contribution in [0.4, 0.5) is 13.2 Å². The fourth-order valence-corrected chi connectivity index (χ4v) is 1.87. The summed E-state index contributed by atoms with van der Waals surface area (Å²) in [5.74, 6) is -0.0213. The van der Waals surface area contributed by atoms with E-state index in [1.54, 1.807) is 24.3 Å². The van der Waals surface area contributed by atoms with E-state index < -0.39 is 12.3 Å². The van der Waals surface area contributed by atoms with E-state index in [2.05, 4.69) is 0 Å². The highest BCUT2D eigenvalue weighted by molar-refractivity contribution is 6.09. The predicted octanol–water partition coefficient (Wildman–Crippen LogP) is 3.45. The first-order valence-corrected chi connectivity index (χ1v) is 5.90. The molecule has 0 saturated heterocycles. The van der Waals surface area contributed by atoms with Crippen LogP contribution in [0, 0.1) is 5.41 Å². The minimum absolute atomic E-state index is 0.121. The standard InChI is InChI=1S/C14H13F3N2O/c1-8(14(15,16)17)20-12-7-6-11(13(18)19)9-4-2-3-5-10(9)12/h2-8H,1H3,(H3,18,19). The Labute approximate surface area is 113 Å². The lowest BCUT2D eigenvalue weighted by molar-refractivity contribution is -0.188. The number of rotatable bonds is 3. The number of amidine groups is 1. The van der Waals surface area contributed by atoms with Gasteiger partial charge in [0.15, 0.2) is 6.10 Å². The molecule has 106 valence electrons. The SMILES string of the molecule is CC(Oc1ccc(C(=N)N)c2ccccc12)C(F)(F)F. The Morgan fingerprint density at radius 3 is 2.30 bits per heavy atom.